The Morgan fingerprint density at radius 2 is 2.09 bits per heavy atom. The van der Waals surface area contributed by atoms with Crippen molar-refractivity contribution in [2.24, 2.45) is 0 Å². The minimum atomic E-state index is -0.390. The average molecular weight is 477 g/mol. The summed E-state index contributed by atoms with van der Waals surface area (Å²) in [5.41, 5.74) is 7.95. The summed E-state index contributed by atoms with van der Waals surface area (Å²) >= 11 is 6.03. The van der Waals surface area contributed by atoms with E-state index in [0.29, 0.717) is 19.5 Å². The zero-order valence-electron chi connectivity index (χ0n) is 19.0. The molecule has 1 aliphatic rings. The second-order valence-electron chi connectivity index (χ2n) is 7.94. The topological polar surface area (TPSA) is 116 Å². The van der Waals surface area contributed by atoms with Crippen LogP contribution < -0.4 is 15.8 Å². The van der Waals surface area contributed by atoms with Crippen molar-refractivity contribution in [2.45, 2.75) is 32.1 Å². The summed E-state index contributed by atoms with van der Waals surface area (Å²) in [5, 5.41) is 3.13. The summed E-state index contributed by atoms with van der Waals surface area (Å²) < 4.78 is 16.2. The number of pyridine rings is 1. The van der Waals surface area contributed by atoms with E-state index in [-0.39, 0.29) is 59.5 Å². The minimum Gasteiger partial charge on any atom is -0.480 e. The van der Waals surface area contributed by atoms with E-state index in [4.69, 9.17) is 31.5 Å². The van der Waals surface area contributed by atoms with Crippen molar-refractivity contribution in [1.29, 1.82) is 0 Å². The first-order valence-corrected chi connectivity index (χ1v) is 11.0. The lowest BCUT2D eigenvalue weighted by Crippen LogP contribution is -2.55. The highest BCUT2D eigenvalue weighted by molar-refractivity contribution is 6.33. The smallest absolute Gasteiger partial charge is 0.320 e. The van der Waals surface area contributed by atoms with Crippen LogP contribution in [-0.4, -0.2) is 67.8 Å². The number of likely N-dealkylation sites (tertiary alicyclic amines) is 1. The van der Waals surface area contributed by atoms with Gasteiger partial charge in [0, 0.05) is 20.2 Å². The molecular weight excluding hydrogens is 448 g/mol. The van der Waals surface area contributed by atoms with Gasteiger partial charge in [-0.15, -0.1) is 0 Å². The molecule has 0 radical (unpaired) electrons. The Morgan fingerprint density at radius 3 is 2.79 bits per heavy atom. The summed E-state index contributed by atoms with van der Waals surface area (Å²) in [5.74, 6) is -0.514. The van der Waals surface area contributed by atoms with E-state index in [0.717, 1.165) is 11.1 Å². The molecule has 33 heavy (non-hydrogen) atoms. The summed E-state index contributed by atoms with van der Waals surface area (Å²) in [6, 6.07) is 9.01. The number of rotatable bonds is 8. The van der Waals surface area contributed by atoms with E-state index in [2.05, 4.69) is 10.3 Å². The third-order valence-electron chi connectivity index (χ3n) is 5.50. The fourth-order valence-corrected chi connectivity index (χ4v) is 3.92. The van der Waals surface area contributed by atoms with Crippen molar-refractivity contribution in [3.05, 3.63) is 52.0 Å². The minimum absolute atomic E-state index is 0.0856. The lowest BCUT2D eigenvalue weighted by atomic mass is 10.0. The quantitative estimate of drug-likeness (QED) is 0.557. The van der Waals surface area contributed by atoms with Crippen LogP contribution in [0.1, 0.15) is 27.9 Å². The van der Waals surface area contributed by atoms with Crippen molar-refractivity contribution in [2.75, 3.05) is 39.6 Å². The van der Waals surface area contributed by atoms with Gasteiger partial charge in [0.25, 0.3) is 5.91 Å². The third kappa shape index (κ3) is 6.56. The molecule has 2 atom stereocenters. The van der Waals surface area contributed by atoms with Gasteiger partial charge >= 0.3 is 5.97 Å². The fourth-order valence-electron chi connectivity index (χ4n) is 3.77. The van der Waals surface area contributed by atoms with Crippen molar-refractivity contribution in [1.82, 2.24) is 15.2 Å². The number of methoxy groups -OCH3 is 2. The predicted molar refractivity (Wildman–Crippen MR) is 124 cm³/mol. The molecule has 3 rings (SSSR count). The molecule has 1 amide bonds. The number of amides is 1. The van der Waals surface area contributed by atoms with E-state index in [1.165, 1.54) is 13.2 Å². The Hall–Kier alpha value is -2.88. The molecule has 2 aromatic rings. The van der Waals surface area contributed by atoms with Crippen LogP contribution in [0.15, 0.2) is 30.3 Å². The van der Waals surface area contributed by atoms with Crippen LogP contribution in [0.25, 0.3) is 0 Å². The molecule has 10 heteroatoms. The molecule has 1 aromatic heterocycles. The molecule has 1 fully saturated rings. The maximum absolute atomic E-state index is 12.8. The van der Waals surface area contributed by atoms with Crippen LogP contribution in [0.4, 0.5) is 5.82 Å². The number of carbonyl (C=O) groups excluding carboxylic acids is 2. The van der Waals surface area contributed by atoms with Crippen molar-refractivity contribution >= 4 is 29.3 Å². The predicted octanol–water partition coefficient (Wildman–Crippen LogP) is 2.20. The van der Waals surface area contributed by atoms with Gasteiger partial charge < -0.3 is 25.3 Å². The van der Waals surface area contributed by atoms with Gasteiger partial charge in [-0.05, 0) is 25.0 Å². The number of nitrogens with one attached hydrogen (secondary N) is 1. The number of carbonyl (C=O) groups is 2. The first-order valence-electron chi connectivity index (χ1n) is 10.6. The lowest BCUT2D eigenvalue weighted by molar-refractivity contribution is -0.147. The van der Waals surface area contributed by atoms with E-state index in [1.807, 2.05) is 36.1 Å². The number of nitrogens with two attached hydrogens (primary N) is 1. The zero-order chi connectivity index (χ0) is 24.0. The summed E-state index contributed by atoms with van der Waals surface area (Å²) in [4.78, 5) is 31.1. The van der Waals surface area contributed by atoms with Gasteiger partial charge in [0.2, 0.25) is 5.88 Å². The number of nitrogen functional groups attached to an aromatic ring is 1. The maximum atomic E-state index is 12.8. The highest BCUT2D eigenvalue weighted by Gasteiger charge is 2.32. The molecule has 178 valence electrons. The Kier molecular flexibility index (Phi) is 8.49. The van der Waals surface area contributed by atoms with Crippen LogP contribution in [-0.2, 0) is 20.9 Å². The summed E-state index contributed by atoms with van der Waals surface area (Å²) in [6.07, 6.45) is 0.281. The van der Waals surface area contributed by atoms with Crippen LogP contribution in [0, 0.1) is 6.92 Å². The Labute approximate surface area is 198 Å². The van der Waals surface area contributed by atoms with E-state index < -0.39 is 0 Å². The second-order valence-corrected chi connectivity index (χ2v) is 8.35. The number of hydrogen-bond donors (Lipinski definition) is 2. The number of aryl methyl sites for hydroxylation is 1. The highest BCUT2D eigenvalue weighted by atomic mass is 35.5. The fraction of sp³-hybridized carbons (Fsp3) is 0.435. The number of halogens is 1. The zero-order valence-corrected chi connectivity index (χ0v) is 19.7. The number of benzene rings is 1. The molecule has 9 nitrogen and oxygen atoms in total. The molecule has 2 heterocycles. The monoisotopic (exact) mass is 476 g/mol. The molecule has 0 spiro atoms. The van der Waals surface area contributed by atoms with Gasteiger partial charge in [0.1, 0.15) is 18.0 Å². The van der Waals surface area contributed by atoms with Gasteiger partial charge in [-0.25, -0.2) is 0 Å². The maximum Gasteiger partial charge on any atom is 0.320 e. The Bertz CT molecular complexity index is 1000. The normalized spacial score (nSPS) is 18.5. The van der Waals surface area contributed by atoms with E-state index in [1.54, 1.807) is 7.11 Å². The second kappa shape index (κ2) is 11.3. The third-order valence-corrected chi connectivity index (χ3v) is 5.81. The first kappa shape index (κ1) is 24.8. The molecule has 1 aliphatic heterocycles. The Morgan fingerprint density at radius 1 is 1.30 bits per heavy atom. The summed E-state index contributed by atoms with van der Waals surface area (Å²) in [6.45, 7) is 3.45. The molecular formula is C23H29ClN4O5. The number of hydrogen-bond acceptors (Lipinski definition) is 8. The molecule has 0 unspecified atom stereocenters. The molecule has 1 aromatic carbocycles. The van der Waals surface area contributed by atoms with Gasteiger partial charge in [0.05, 0.1) is 30.8 Å². The van der Waals surface area contributed by atoms with Crippen molar-refractivity contribution in [3.63, 3.8) is 0 Å². The number of ether oxygens (including phenoxy) is 3. The SMILES string of the molecule is COc1nc(N)c(Cl)cc1C(=O)N[C@H]1CCN(CC(=O)OCc2cccc(C)c2)C[C@H]1OC. The highest BCUT2D eigenvalue weighted by Crippen LogP contribution is 2.25. The van der Waals surface area contributed by atoms with Crippen LogP contribution in [0.5, 0.6) is 5.88 Å². The number of nitrogens with zero attached hydrogens (tertiary/aromatic N) is 2. The molecule has 0 aliphatic carbocycles. The molecule has 1 saturated heterocycles. The standard InChI is InChI=1S/C23H29ClN4O5/c1-14-5-4-6-15(9-14)13-33-20(29)12-28-8-7-18(19(11-28)31-2)26-22(30)16-10-17(24)21(25)27-23(16)32-3/h4-6,9-10,18-19H,7-8,11-13H2,1-3H3,(H2,25,27)(H,26,30)/t18-,19+/m0/s1. The van der Waals surface area contributed by atoms with Gasteiger partial charge in [-0.3, -0.25) is 14.5 Å². The van der Waals surface area contributed by atoms with Gasteiger partial charge in [0.15, 0.2) is 0 Å². The van der Waals surface area contributed by atoms with Crippen LogP contribution in [0.3, 0.4) is 0 Å². The number of aromatic nitrogens is 1. The molecule has 0 bridgehead atoms. The molecule has 3 N–H and O–H groups in total. The Balaban J connectivity index is 1.54. The van der Waals surface area contributed by atoms with Crippen molar-refractivity contribution < 1.29 is 23.8 Å². The largest absolute Gasteiger partial charge is 0.480 e. The van der Waals surface area contributed by atoms with Crippen LogP contribution >= 0.6 is 11.6 Å². The number of anilines is 1. The number of piperidine rings is 1. The number of esters is 1. The van der Waals surface area contributed by atoms with Crippen molar-refractivity contribution in [3.8, 4) is 5.88 Å². The molecule has 0 saturated carbocycles. The first-order chi connectivity index (χ1) is 15.8. The van der Waals surface area contributed by atoms with Crippen LogP contribution in [0.2, 0.25) is 5.02 Å². The lowest BCUT2D eigenvalue weighted by Gasteiger charge is -2.37. The van der Waals surface area contributed by atoms with Gasteiger partial charge in [-0.1, -0.05) is 41.4 Å². The summed E-state index contributed by atoms with van der Waals surface area (Å²) in [7, 11) is 2.98. The average Bonchev–Trinajstić information content (AvgIpc) is 2.80. The van der Waals surface area contributed by atoms with E-state index in [9.17, 15) is 9.59 Å². The van der Waals surface area contributed by atoms with E-state index >= 15 is 0 Å². The van der Waals surface area contributed by atoms with Gasteiger partial charge in [-0.2, -0.15) is 4.98 Å².